The van der Waals surface area contributed by atoms with Crippen molar-refractivity contribution in [2.45, 2.75) is 44.8 Å². The first-order valence-corrected chi connectivity index (χ1v) is 9.23. The van der Waals surface area contributed by atoms with Crippen molar-refractivity contribution in [1.82, 2.24) is 9.80 Å². The highest BCUT2D eigenvalue weighted by Gasteiger charge is 2.35. The fourth-order valence-electron chi connectivity index (χ4n) is 3.29. The molecule has 1 aromatic rings. The number of likely N-dealkylation sites (tertiary alicyclic amines) is 1. The van der Waals surface area contributed by atoms with Crippen LogP contribution in [0.5, 0.6) is 5.75 Å². The molecule has 1 heterocycles. The van der Waals surface area contributed by atoms with Crippen molar-refractivity contribution in [2.24, 2.45) is 0 Å². The van der Waals surface area contributed by atoms with E-state index in [0.29, 0.717) is 23.9 Å². The summed E-state index contributed by atoms with van der Waals surface area (Å²) in [6.45, 7) is 4.81. The van der Waals surface area contributed by atoms with Crippen LogP contribution in [0.4, 0.5) is 0 Å². The Kier molecular flexibility index (Phi) is 6.89. The molecular formula is C19H27ClN2O4. The lowest BCUT2D eigenvalue weighted by molar-refractivity contribution is -0.145. The predicted octanol–water partition coefficient (Wildman–Crippen LogP) is 2.89. The summed E-state index contributed by atoms with van der Waals surface area (Å²) in [4.78, 5) is 27.5. The van der Waals surface area contributed by atoms with E-state index < -0.39 is 11.6 Å². The molecule has 1 N–H and O–H groups in total. The molecule has 1 aliphatic rings. The summed E-state index contributed by atoms with van der Waals surface area (Å²) in [5.74, 6) is -0.294. The Bertz CT molecular complexity index is 633. The highest BCUT2D eigenvalue weighted by molar-refractivity contribution is 6.30. The Morgan fingerprint density at radius 1 is 1.27 bits per heavy atom. The van der Waals surface area contributed by atoms with Crippen LogP contribution in [-0.4, -0.2) is 65.1 Å². The summed E-state index contributed by atoms with van der Waals surface area (Å²) in [7, 11) is 1.82. The van der Waals surface area contributed by atoms with Gasteiger partial charge in [0.2, 0.25) is 0 Å². The monoisotopic (exact) mass is 382 g/mol. The van der Waals surface area contributed by atoms with Crippen LogP contribution in [0.25, 0.3) is 0 Å². The molecule has 0 spiro atoms. The van der Waals surface area contributed by atoms with Crippen LogP contribution in [0, 0.1) is 0 Å². The molecule has 1 fully saturated rings. The standard InChI is InChI=1S/C19H27ClN2O4/c1-19(2,26-16-8-6-14(20)7-9-16)18(25)22-11-4-5-15(10-12-22)21(3)13-17(23)24/h6-9,15H,4-5,10-13H2,1-3H3,(H,23,24). The Balaban J connectivity index is 1.97. The van der Waals surface area contributed by atoms with Gasteiger partial charge in [0.25, 0.3) is 5.91 Å². The van der Waals surface area contributed by atoms with Gasteiger partial charge in [-0.25, -0.2) is 0 Å². The Morgan fingerprint density at radius 2 is 1.92 bits per heavy atom. The normalized spacial score (nSPS) is 18.5. The highest BCUT2D eigenvalue weighted by Crippen LogP contribution is 2.24. The molecule has 7 heteroatoms. The van der Waals surface area contributed by atoms with Gasteiger partial charge in [0.05, 0.1) is 6.54 Å². The molecule has 1 aromatic carbocycles. The molecule has 1 amide bonds. The second-order valence-corrected chi connectivity index (χ2v) is 7.69. The third kappa shape index (κ3) is 5.61. The number of amides is 1. The quantitative estimate of drug-likeness (QED) is 0.819. The molecule has 1 unspecified atom stereocenters. The molecule has 26 heavy (non-hydrogen) atoms. The van der Waals surface area contributed by atoms with E-state index in [4.69, 9.17) is 21.4 Å². The van der Waals surface area contributed by atoms with Crippen molar-refractivity contribution < 1.29 is 19.4 Å². The lowest BCUT2D eigenvalue weighted by atomic mass is 10.1. The third-order valence-electron chi connectivity index (χ3n) is 4.69. The van der Waals surface area contributed by atoms with E-state index in [1.807, 2.05) is 16.8 Å². The second kappa shape index (κ2) is 8.73. The SMILES string of the molecule is CN(CC(=O)O)C1CCCN(C(=O)C(C)(C)Oc2ccc(Cl)cc2)CC1. The zero-order valence-corrected chi connectivity index (χ0v) is 16.3. The van der Waals surface area contributed by atoms with E-state index in [0.717, 1.165) is 19.3 Å². The second-order valence-electron chi connectivity index (χ2n) is 7.25. The van der Waals surface area contributed by atoms with Gasteiger partial charge in [-0.2, -0.15) is 0 Å². The predicted molar refractivity (Wildman–Crippen MR) is 101 cm³/mol. The molecule has 0 bridgehead atoms. The minimum atomic E-state index is -0.985. The van der Waals surface area contributed by atoms with Gasteiger partial charge in [-0.15, -0.1) is 0 Å². The van der Waals surface area contributed by atoms with Gasteiger partial charge in [0.1, 0.15) is 5.75 Å². The van der Waals surface area contributed by atoms with Crippen molar-refractivity contribution in [2.75, 3.05) is 26.7 Å². The topological polar surface area (TPSA) is 70.1 Å². The van der Waals surface area contributed by atoms with E-state index >= 15 is 0 Å². The number of rotatable bonds is 6. The summed E-state index contributed by atoms with van der Waals surface area (Å²) in [5.41, 5.74) is -0.985. The number of nitrogens with zero attached hydrogens (tertiary/aromatic N) is 2. The van der Waals surface area contributed by atoms with Crippen LogP contribution in [-0.2, 0) is 9.59 Å². The summed E-state index contributed by atoms with van der Waals surface area (Å²) in [6.07, 6.45) is 2.48. The number of likely N-dealkylation sites (N-methyl/N-ethyl adjacent to an activating group) is 1. The number of carboxylic acids is 1. The van der Waals surface area contributed by atoms with Crippen molar-refractivity contribution >= 4 is 23.5 Å². The van der Waals surface area contributed by atoms with Gasteiger partial charge >= 0.3 is 5.97 Å². The van der Waals surface area contributed by atoms with Gasteiger partial charge in [-0.1, -0.05) is 11.6 Å². The maximum absolute atomic E-state index is 13.0. The molecular weight excluding hydrogens is 356 g/mol. The van der Waals surface area contributed by atoms with Crippen molar-refractivity contribution in [3.8, 4) is 5.75 Å². The summed E-state index contributed by atoms with van der Waals surface area (Å²) < 4.78 is 5.90. The molecule has 0 aromatic heterocycles. The number of aliphatic carboxylic acids is 1. The fourth-order valence-corrected chi connectivity index (χ4v) is 3.41. The lowest BCUT2D eigenvalue weighted by Crippen LogP contribution is -2.49. The zero-order chi connectivity index (χ0) is 19.3. The first-order chi connectivity index (χ1) is 12.2. The summed E-state index contributed by atoms with van der Waals surface area (Å²) >= 11 is 5.88. The Morgan fingerprint density at radius 3 is 2.54 bits per heavy atom. The smallest absolute Gasteiger partial charge is 0.317 e. The van der Waals surface area contributed by atoms with Crippen LogP contribution in [0.1, 0.15) is 33.1 Å². The van der Waals surface area contributed by atoms with Crippen molar-refractivity contribution in [3.63, 3.8) is 0 Å². The van der Waals surface area contributed by atoms with Gasteiger partial charge < -0.3 is 14.7 Å². The average molecular weight is 383 g/mol. The molecule has 2 rings (SSSR count). The van der Waals surface area contributed by atoms with Crippen LogP contribution < -0.4 is 4.74 Å². The zero-order valence-electron chi connectivity index (χ0n) is 15.6. The van der Waals surface area contributed by atoms with Crippen LogP contribution in [0.2, 0.25) is 5.02 Å². The van der Waals surface area contributed by atoms with Gasteiger partial charge in [-0.05, 0) is 64.4 Å². The Labute approximate surface area is 159 Å². The number of benzene rings is 1. The summed E-state index contributed by atoms with van der Waals surface area (Å²) in [6, 6.07) is 7.12. The van der Waals surface area contributed by atoms with Crippen LogP contribution in [0.15, 0.2) is 24.3 Å². The number of hydrogen-bond donors (Lipinski definition) is 1. The van der Waals surface area contributed by atoms with E-state index in [9.17, 15) is 9.59 Å². The number of carbonyl (C=O) groups excluding carboxylic acids is 1. The summed E-state index contributed by atoms with van der Waals surface area (Å²) in [5, 5.41) is 9.57. The first kappa shape index (κ1) is 20.5. The molecule has 144 valence electrons. The van der Waals surface area contributed by atoms with Crippen LogP contribution in [0.3, 0.4) is 0 Å². The molecule has 0 aliphatic carbocycles. The number of carbonyl (C=O) groups is 2. The largest absolute Gasteiger partial charge is 0.480 e. The number of ether oxygens (including phenoxy) is 1. The van der Waals surface area contributed by atoms with E-state index in [1.165, 1.54) is 0 Å². The molecule has 1 saturated heterocycles. The minimum absolute atomic E-state index is 0.0176. The molecule has 6 nitrogen and oxygen atoms in total. The maximum atomic E-state index is 13.0. The van der Waals surface area contributed by atoms with Crippen molar-refractivity contribution in [3.05, 3.63) is 29.3 Å². The number of halogens is 1. The Hall–Kier alpha value is -1.79. The lowest BCUT2D eigenvalue weighted by Gasteiger charge is -2.32. The molecule has 1 atom stereocenters. The highest BCUT2D eigenvalue weighted by atomic mass is 35.5. The maximum Gasteiger partial charge on any atom is 0.317 e. The van der Waals surface area contributed by atoms with E-state index in [2.05, 4.69) is 0 Å². The fraction of sp³-hybridized carbons (Fsp3) is 0.579. The molecule has 1 aliphatic heterocycles. The minimum Gasteiger partial charge on any atom is -0.480 e. The van der Waals surface area contributed by atoms with Gasteiger partial charge in [-0.3, -0.25) is 14.5 Å². The average Bonchev–Trinajstić information content (AvgIpc) is 2.81. The number of hydrogen-bond acceptors (Lipinski definition) is 4. The van der Waals surface area contributed by atoms with Gasteiger partial charge in [0, 0.05) is 24.2 Å². The van der Waals surface area contributed by atoms with Crippen molar-refractivity contribution in [1.29, 1.82) is 0 Å². The van der Waals surface area contributed by atoms with E-state index in [-0.39, 0.29) is 18.5 Å². The third-order valence-corrected chi connectivity index (χ3v) is 4.95. The molecule has 0 radical (unpaired) electrons. The van der Waals surface area contributed by atoms with E-state index in [1.54, 1.807) is 38.1 Å². The molecule has 0 saturated carbocycles. The van der Waals surface area contributed by atoms with Crippen LogP contribution >= 0.6 is 11.6 Å². The van der Waals surface area contributed by atoms with Gasteiger partial charge in [0.15, 0.2) is 5.60 Å². The number of carboxylic acid groups (broad SMARTS) is 1. The first-order valence-electron chi connectivity index (χ1n) is 8.85.